The van der Waals surface area contributed by atoms with E-state index >= 15 is 0 Å². The van der Waals surface area contributed by atoms with Gasteiger partial charge in [0, 0.05) is 44.1 Å². The van der Waals surface area contributed by atoms with Crippen molar-refractivity contribution in [1.29, 1.82) is 0 Å². The fourth-order valence-corrected chi connectivity index (χ4v) is 3.82. The predicted octanol–water partition coefficient (Wildman–Crippen LogP) is 1.43. The molecule has 0 radical (unpaired) electrons. The van der Waals surface area contributed by atoms with Crippen LogP contribution >= 0.6 is 0 Å². The lowest BCUT2D eigenvalue weighted by atomic mass is 10.00. The monoisotopic (exact) mass is 371 g/mol. The molecule has 2 aliphatic rings. The Morgan fingerprint density at radius 1 is 1.15 bits per heavy atom. The predicted molar refractivity (Wildman–Crippen MR) is 99.7 cm³/mol. The van der Waals surface area contributed by atoms with Crippen LogP contribution in [0, 0.1) is 0 Å². The average molecular weight is 371 g/mol. The Balaban J connectivity index is 1.26. The molecule has 4 rings (SSSR count). The number of carbonyl (C=O) groups is 1. The summed E-state index contributed by atoms with van der Waals surface area (Å²) in [5.74, 6) is 0. The number of rotatable bonds is 4. The van der Waals surface area contributed by atoms with Gasteiger partial charge in [0.2, 0.25) is 0 Å². The van der Waals surface area contributed by atoms with E-state index in [1.165, 1.54) is 6.33 Å². The van der Waals surface area contributed by atoms with E-state index in [9.17, 15) is 4.79 Å². The lowest BCUT2D eigenvalue weighted by Crippen LogP contribution is -2.49. The number of hydrogen-bond donors (Lipinski definition) is 2. The number of piperidine rings is 1. The summed E-state index contributed by atoms with van der Waals surface area (Å²) in [6.45, 7) is 3.80. The van der Waals surface area contributed by atoms with Crippen LogP contribution in [-0.4, -0.2) is 69.5 Å². The van der Waals surface area contributed by atoms with Gasteiger partial charge in [-0.2, -0.15) is 0 Å². The molecule has 2 fully saturated rings. The van der Waals surface area contributed by atoms with Crippen molar-refractivity contribution in [3.63, 3.8) is 0 Å². The van der Waals surface area contributed by atoms with Crippen LogP contribution in [0.15, 0.2) is 30.6 Å². The molecule has 0 unspecified atom stereocenters. The van der Waals surface area contributed by atoms with Crippen LogP contribution in [0.5, 0.6) is 0 Å². The number of nitrogens with zero attached hydrogens (tertiary/aromatic N) is 5. The van der Waals surface area contributed by atoms with E-state index in [1.807, 2.05) is 24.3 Å². The van der Waals surface area contributed by atoms with Gasteiger partial charge in [0.15, 0.2) is 0 Å². The summed E-state index contributed by atoms with van der Waals surface area (Å²) in [6, 6.07) is 8.11. The number of carbonyl (C=O) groups excluding carboxylic acids is 1. The maximum absolute atomic E-state index is 12.4. The van der Waals surface area contributed by atoms with Crippen molar-refractivity contribution in [2.24, 2.45) is 0 Å². The van der Waals surface area contributed by atoms with Crippen molar-refractivity contribution in [1.82, 2.24) is 30.4 Å². The summed E-state index contributed by atoms with van der Waals surface area (Å²) in [7, 11) is 0. The largest absolute Gasteiger partial charge is 0.381 e. The minimum absolute atomic E-state index is 0.173. The molecule has 2 N–H and O–H groups in total. The van der Waals surface area contributed by atoms with Crippen LogP contribution in [0.1, 0.15) is 25.7 Å². The third kappa shape index (κ3) is 4.61. The van der Waals surface area contributed by atoms with Crippen LogP contribution in [0.3, 0.4) is 0 Å². The number of likely N-dealkylation sites (tertiary alicyclic amines) is 1. The molecule has 2 amide bonds. The van der Waals surface area contributed by atoms with Crippen molar-refractivity contribution in [3.8, 4) is 5.69 Å². The second-order valence-corrected chi connectivity index (χ2v) is 7.06. The zero-order valence-corrected chi connectivity index (χ0v) is 15.3. The van der Waals surface area contributed by atoms with Gasteiger partial charge in [0.25, 0.3) is 0 Å². The molecule has 3 heterocycles. The van der Waals surface area contributed by atoms with Crippen LogP contribution in [0.25, 0.3) is 5.69 Å². The standard InChI is InChI=1S/C18H25N7O2/c26-18(21-15-2-1-3-17(12-15)25-13-19-22-23-25)20-14-4-8-24(9-5-14)16-6-10-27-11-7-16/h1-3,12-14,16H,4-11H2,(H2,20,21,26). The Hall–Kier alpha value is -2.52. The Bertz CT molecular complexity index is 738. The maximum Gasteiger partial charge on any atom is 0.319 e. The highest BCUT2D eigenvalue weighted by Crippen LogP contribution is 2.20. The van der Waals surface area contributed by atoms with Crippen molar-refractivity contribution >= 4 is 11.7 Å². The zero-order valence-electron chi connectivity index (χ0n) is 15.3. The minimum atomic E-state index is -0.173. The summed E-state index contributed by atoms with van der Waals surface area (Å²) in [5, 5.41) is 17.1. The van der Waals surface area contributed by atoms with Gasteiger partial charge in [0.05, 0.1) is 5.69 Å². The Morgan fingerprint density at radius 3 is 2.70 bits per heavy atom. The van der Waals surface area contributed by atoms with Crippen LogP contribution in [0.4, 0.5) is 10.5 Å². The second kappa shape index (κ2) is 8.45. The quantitative estimate of drug-likeness (QED) is 0.844. The van der Waals surface area contributed by atoms with E-state index in [1.54, 1.807) is 4.68 Å². The smallest absolute Gasteiger partial charge is 0.319 e. The van der Waals surface area contributed by atoms with E-state index in [2.05, 4.69) is 31.1 Å². The normalized spacial score (nSPS) is 19.7. The van der Waals surface area contributed by atoms with E-state index in [-0.39, 0.29) is 12.1 Å². The highest BCUT2D eigenvalue weighted by Gasteiger charge is 2.27. The molecular formula is C18H25N7O2. The van der Waals surface area contributed by atoms with Gasteiger partial charge in [-0.15, -0.1) is 5.10 Å². The maximum atomic E-state index is 12.4. The number of benzene rings is 1. The van der Waals surface area contributed by atoms with E-state index in [4.69, 9.17) is 4.74 Å². The van der Waals surface area contributed by atoms with Crippen molar-refractivity contribution in [2.45, 2.75) is 37.8 Å². The van der Waals surface area contributed by atoms with Gasteiger partial charge in [-0.25, -0.2) is 9.48 Å². The fraction of sp³-hybridized carbons (Fsp3) is 0.556. The number of hydrogen-bond acceptors (Lipinski definition) is 6. The zero-order chi connectivity index (χ0) is 18.5. The van der Waals surface area contributed by atoms with Gasteiger partial charge in [0.1, 0.15) is 6.33 Å². The molecule has 9 nitrogen and oxygen atoms in total. The topological polar surface area (TPSA) is 97.2 Å². The van der Waals surface area contributed by atoms with Crippen molar-refractivity contribution in [3.05, 3.63) is 30.6 Å². The van der Waals surface area contributed by atoms with Crippen molar-refractivity contribution < 1.29 is 9.53 Å². The first kappa shape index (κ1) is 17.9. The lowest BCUT2D eigenvalue weighted by Gasteiger charge is -2.39. The highest BCUT2D eigenvalue weighted by molar-refractivity contribution is 5.89. The van der Waals surface area contributed by atoms with Gasteiger partial charge < -0.3 is 20.3 Å². The van der Waals surface area contributed by atoms with E-state index in [0.717, 1.165) is 57.7 Å². The highest BCUT2D eigenvalue weighted by atomic mass is 16.5. The first-order chi connectivity index (χ1) is 13.3. The molecule has 27 heavy (non-hydrogen) atoms. The van der Waals surface area contributed by atoms with E-state index in [0.29, 0.717) is 11.7 Å². The van der Waals surface area contributed by atoms with Gasteiger partial charge >= 0.3 is 6.03 Å². The minimum Gasteiger partial charge on any atom is -0.381 e. The molecule has 2 aromatic rings. The first-order valence-electron chi connectivity index (χ1n) is 9.51. The summed E-state index contributed by atoms with van der Waals surface area (Å²) in [6.07, 6.45) is 5.72. The van der Waals surface area contributed by atoms with Crippen LogP contribution < -0.4 is 10.6 Å². The molecule has 1 aromatic carbocycles. The third-order valence-corrected chi connectivity index (χ3v) is 5.29. The third-order valence-electron chi connectivity index (χ3n) is 5.29. The van der Waals surface area contributed by atoms with Crippen molar-refractivity contribution in [2.75, 3.05) is 31.6 Å². The summed E-state index contributed by atoms with van der Waals surface area (Å²) < 4.78 is 7.00. The Kier molecular flexibility index (Phi) is 5.59. The Labute approximate surface area is 158 Å². The number of nitrogens with one attached hydrogen (secondary N) is 2. The molecule has 0 atom stereocenters. The summed E-state index contributed by atoms with van der Waals surface area (Å²) in [5.41, 5.74) is 1.50. The molecule has 0 saturated carbocycles. The van der Waals surface area contributed by atoms with Gasteiger partial charge in [-0.1, -0.05) is 6.07 Å². The Morgan fingerprint density at radius 2 is 1.96 bits per heavy atom. The molecule has 144 valence electrons. The molecular weight excluding hydrogens is 346 g/mol. The number of anilines is 1. The summed E-state index contributed by atoms with van der Waals surface area (Å²) >= 11 is 0. The number of urea groups is 1. The molecule has 0 bridgehead atoms. The number of amides is 2. The SMILES string of the molecule is O=C(Nc1cccc(-n2cnnn2)c1)NC1CCN(C2CCOCC2)CC1. The first-order valence-corrected chi connectivity index (χ1v) is 9.51. The number of ether oxygens (including phenoxy) is 1. The van der Waals surface area contributed by atoms with Gasteiger partial charge in [-0.05, 0) is 54.3 Å². The molecule has 2 aliphatic heterocycles. The van der Waals surface area contributed by atoms with Crippen LogP contribution in [0.2, 0.25) is 0 Å². The summed E-state index contributed by atoms with van der Waals surface area (Å²) in [4.78, 5) is 14.9. The number of tetrazole rings is 1. The fourth-order valence-electron chi connectivity index (χ4n) is 3.82. The molecule has 0 spiro atoms. The van der Waals surface area contributed by atoms with Gasteiger partial charge in [-0.3, -0.25) is 0 Å². The molecule has 2 saturated heterocycles. The molecule has 0 aliphatic carbocycles. The second-order valence-electron chi connectivity index (χ2n) is 7.06. The van der Waals surface area contributed by atoms with E-state index < -0.39 is 0 Å². The average Bonchev–Trinajstić information content (AvgIpc) is 3.24. The molecule has 9 heteroatoms. The molecule has 1 aromatic heterocycles. The van der Waals surface area contributed by atoms with Crippen LogP contribution in [-0.2, 0) is 4.74 Å². The number of aromatic nitrogens is 4. The lowest BCUT2D eigenvalue weighted by molar-refractivity contribution is 0.0244.